The van der Waals surface area contributed by atoms with Gasteiger partial charge in [-0.05, 0) is 64.3 Å². The minimum Gasteiger partial charge on any atom is -0.490 e. The first kappa shape index (κ1) is 24.3. The molecule has 3 rings (SSSR count). The van der Waals surface area contributed by atoms with Crippen LogP contribution in [-0.2, 0) is 16.2 Å². The summed E-state index contributed by atoms with van der Waals surface area (Å²) < 4.78 is 12.3. The Hall–Kier alpha value is -3.36. The van der Waals surface area contributed by atoms with Gasteiger partial charge >= 0.3 is 11.8 Å². The van der Waals surface area contributed by atoms with Crippen molar-refractivity contribution in [2.75, 3.05) is 11.9 Å². The second kappa shape index (κ2) is 12.0. The second-order valence-corrected chi connectivity index (χ2v) is 7.99. The molecule has 7 nitrogen and oxygen atoms in total. The number of hydrogen-bond donors (Lipinski definition) is 2. The first-order chi connectivity index (χ1) is 16.0. The van der Waals surface area contributed by atoms with Gasteiger partial charge < -0.3 is 14.8 Å². The number of amides is 2. The molecule has 0 saturated heterocycles. The van der Waals surface area contributed by atoms with E-state index in [2.05, 4.69) is 31.8 Å². The van der Waals surface area contributed by atoms with Crippen LogP contribution >= 0.6 is 27.5 Å². The topological polar surface area (TPSA) is 89.0 Å². The summed E-state index contributed by atoms with van der Waals surface area (Å²) in [5, 5.41) is 6.75. The molecular formula is C24H21BrClN3O4. The van der Waals surface area contributed by atoms with Gasteiger partial charge in [0, 0.05) is 10.7 Å². The Morgan fingerprint density at radius 2 is 1.82 bits per heavy atom. The molecule has 0 aliphatic heterocycles. The van der Waals surface area contributed by atoms with Crippen LogP contribution in [0.1, 0.15) is 18.1 Å². The van der Waals surface area contributed by atoms with E-state index in [-0.39, 0.29) is 0 Å². The fourth-order valence-electron chi connectivity index (χ4n) is 2.77. The summed E-state index contributed by atoms with van der Waals surface area (Å²) in [7, 11) is 0. The van der Waals surface area contributed by atoms with Gasteiger partial charge in [0.2, 0.25) is 0 Å². The molecule has 0 atom stereocenters. The standard InChI is InChI=1S/C24H21BrClN3O4/c1-2-32-21-12-17(11-20(25)22(21)33-15-16-7-4-3-5-8-16)14-27-29-24(31)23(30)28-19-10-6-9-18(26)13-19/h3-14H,2,15H2,1H3,(H,28,30)(H,29,31)/b27-14+. The third kappa shape index (κ3) is 7.34. The summed E-state index contributed by atoms with van der Waals surface area (Å²) in [5.41, 5.74) is 4.26. The van der Waals surface area contributed by atoms with Gasteiger partial charge in [0.15, 0.2) is 11.5 Å². The van der Waals surface area contributed by atoms with Crippen molar-refractivity contribution in [3.8, 4) is 11.5 Å². The van der Waals surface area contributed by atoms with E-state index in [9.17, 15) is 9.59 Å². The SMILES string of the molecule is CCOc1cc(/C=N/NC(=O)C(=O)Nc2cccc(Cl)c2)cc(Br)c1OCc1ccccc1. The Bertz CT molecular complexity index is 1160. The number of anilines is 1. The van der Waals surface area contributed by atoms with Crippen LogP contribution in [0.3, 0.4) is 0 Å². The van der Waals surface area contributed by atoms with Crippen LogP contribution in [0.2, 0.25) is 5.02 Å². The Morgan fingerprint density at radius 1 is 1.03 bits per heavy atom. The minimum atomic E-state index is -0.918. The zero-order chi connectivity index (χ0) is 23.6. The summed E-state index contributed by atoms with van der Waals surface area (Å²) >= 11 is 9.37. The molecule has 2 N–H and O–H groups in total. The number of hydrogen-bond acceptors (Lipinski definition) is 5. The maximum Gasteiger partial charge on any atom is 0.329 e. The molecule has 0 heterocycles. The summed E-state index contributed by atoms with van der Waals surface area (Å²) in [4.78, 5) is 24.0. The van der Waals surface area contributed by atoms with Gasteiger partial charge in [0.05, 0.1) is 17.3 Å². The first-order valence-electron chi connectivity index (χ1n) is 9.99. The van der Waals surface area contributed by atoms with Gasteiger partial charge in [-0.15, -0.1) is 0 Å². The Morgan fingerprint density at radius 3 is 2.55 bits per heavy atom. The fraction of sp³-hybridized carbons (Fsp3) is 0.125. The van der Waals surface area contributed by atoms with Crippen molar-refractivity contribution in [1.82, 2.24) is 5.43 Å². The zero-order valence-corrected chi connectivity index (χ0v) is 20.0. The Balaban J connectivity index is 1.64. The number of nitrogens with one attached hydrogen (secondary N) is 2. The largest absolute Gasteiger partial charge is 0.490 e. The number of hydrazone groups is 1. The summed E-state index contributed by atoms with van der Waals surface area (Å²) in [6.45, 7) is 2.69. The molecule has 3 aromatic carbocycles. The van der Waals surface area contributed by atoms with E-state index in [1.807, 2.05) is 37.3 Å². The highest BCUT2D eigenvalue weighted by atomic mass is 79.9. The van der Waals surface area contributed by atoms with E-state index < -0.39 is 11.8 Å². The van der Waals surface area contributed by atoms with E-state index in [0.717, 1.165) is 5.56 Å². The fourth-order valence-corrected chi connectivity index (χ4v) is 3.53. The van der Waals surface area contributed by atoms with Crippen LogP contribution in [0.5, 0.6) is 11.5 Å². The number of nitrogens with zero attached hydrogens (tertiary/aromatic N) is 1. The maximum atomic E-state index is 12.0. The number of carbonyl (C=O) groups is 2. The van der Waals surface area contributed by atoms with Crippen molar-refractivity contribution in [3.05, 3.63) is 87.4 Å². The van der Waals surface area contributed by atoms with Crippen LogP contribution in [0.4, 0.5) is 5.69 Å². The minimum absolute atomic E-state index is 0.380. The molecule has 3 aromatic rings. The van der Waals surface area contributed by atoms with Crippen LogP contribution in [0, 0.1) is 0 Å². The van der Waals surface area contributed by atoms with Gasteiger partial charge in [0.25, 0.3) is 0 Å². The number of ether oxygens (including phenoxy) is 2. The van der Waals surface area contributed by atoms with Crippen molar-refractivity contribution in [2.24, 2.45) is 5.10 Å². The molecule has 0 aliphatic rings. The average Bonchev–Trinajstić information content (AvgIpc) is 2.79. The molecule has 0 unspecified atom stereocenters. The average molecular weight is 531 g/mol. The smallest absolute Gasteiger partial charge is 0.329 e. The number of rotatable bonds is 8. The molecule has 0 aromatic heterocycles. The Kier molecular flexibility index (Phi) is 8.86. The third-order valence-electron chi connectivity index (χ3n) is 4.23. The van der Waals surface area contributed by atoms with Gasteiger partial charge in [-0.25, -0.2) is 5.43 Å². The lowest BCUT2D eigenvalue weighted by Crippen LogP contribution is -2.32. The Labute approximate surface area is 204 Å². The molecule has 0 fully saturated rings. The predicted octanol–water partition coefficient (Wildman–Crippen LogP) is 5.17. The van der Waals surface area contributed by atoms with Crippen molar-refractivity contribution >= 4 is 51.2 Å². The van der Waals surface area contributed by atoms with E-state index in [4.69, 9.17) is 21.1 Å². The lowest BCUT2D eigenvalue weighted by molar-refractivity contribution is -0.136. The van der Waals surface area contributed by atoms with Crippen molar-refractivity contribution < 1.29 is 19.1 Å². The lowest BCUT2D eigenvalue weighted by Gasteiger charge is -2.14. The molecule has 0 radical (unpaired) electrons. The summed E-state index contributed by atoms with van der Waals surface area (Å²) in [6, 6.07) is 19.8. The van der Waals surface area contributed by atoms with Crippen LogP contribution in [0.25, 0.3) is 0 Å². The van der Waals surface area contributed by atoms with E-state index >= 15 is 0 Å². The molecule has 0 bridgehead atoms. The van der Waals surface area contributed by atoms with E-state index in [0.29, 0.717) is 45.5 Å². The van der Waals surface area contributed by atoms with Gasteiger partial charge in [-0.1, -0.05) is 48.0 Å². The maximum absolute atomic E-state index is 12.0. The second-order valence-electron chi connectivity index (χ2n) is 6.70. The predicted molar refractivity (Wildman–Crippen MR) is 132 cm³/mol. The molecule has 0 saturated carbocycles. The van der Waals surface area contributed by atoms with Gasteiger partial charge in [-0.2, -0.15) is 5.10 Å². The van der Waals surface area contributed by atoms with E-state index in [1.165, 1.54) is 12.3 Å². The molecule has 0 aliphatic carbocycles. The highest BCUT2D eigenvalue weighted by Gasteiger charge is 2.14. The molecule has 33 heavy (non-hydrogen) atoms. The van der Waals surface area contributed by atoms with Crippen molar-refractivity contribution in [2.45, 2.75) is 13.5 Å². The quantitative estimate of drug-likeness (QED) is 0.239. The molecular weight excluding hydrogens is 510 g/mol. The third-order valence-corrected chi connectivity index (χ3v) is 5.05. The van der Waals surface area contributed by atoms with Crippen LogP contribution < -0.4 is 20.2 Å². The number of benzene rings is 3. The monoisotopic (exact) mass is 529 g/mol. The van der Waals surface area contributed by atoms with E-state index in [1.54, 1.807) is 30.3 Å². The van der Waals surface area contributed by atoms with Crippen LogP contribution in [-0.4, -0.2) is 24.6 Å². The van der Waals surface area contributed by atoms with Crippen LogP contribution in [0.15, 0.2) is 76.3 Å². The zero-order valence-electron chi connectivity index (χ0n) is 17.7. The number of carbonyl (C=O) groups excluding carboxylic acids is 2. The van der Waals surface area contributed by atoms with Crippen molar-refractivity contribution in [3.63, 3.8) is 0 Å². The first-order valence-corrected chi connectivity index (χ1v) is 11.2. The normalized spacial score (nSPS) is 10.6. The molecule has 0 spiro atoms. The lowest BCUT2D eigenvalue weighted by atomic mass is 10.2. The molecule has 170 valence electrons. The number of halogens is 2. The summed E-state index contributed by atoms with van der Waals surface area (Å²) in [6.07, 6.45) is 1.40. The van der Waals surface area contributed by atoms with Gasteiger partial charge in [-0.3, -0.25) is 9.59 Å². The highest BCUT2D eigenvalue weighted by Crippen LogP contribution is 2.37. The highest BCUT2D eigenvalue weighted by molar-refractivity contribution is 9.10. The van der Waals surface area contributed by atoms with Crippen molar-refractivity contribution in [1.29, 1.82) is 0 Å². The molecule has 2 amide bonds. The molecule has 9 heteroatoms. The summed E-state index contributed by atoms with van der Waals surface area (Å²) in [5.74, 6) is -0.703. The van der Waals surface area contributed by atoms with Gasteiger partial charge in [0.1, 0.15) is 6.61 Å².